The van der Waals surface area contributed by atoms with Crippen LogP contribution in [-0.4, -0.2) is 23.1 Å². The summed E-state index contributed by atoms with van der Waals surface area (Å²) in [6.45, 7) is 8.49. The van der Waals surface area contributed by atoms with E-state index in [1.807, 2.05) is 6.92 Å². The van der Waals surface area contributed by atoms with Crippen LogP contribution in [0.1, 0.15) is 37.9 Å². The lowest BCUT2D eigenvalue weighted by Gasteiger charge is -2.30. The number of rotatable bonds is 2. The highest BCUT2D eigenvalue weighted by atomic mass is 35.5. The maximum Gasteiger partial charge on any atom is 0.227 e. The van der Waals surface area contributed by atoms with Crippen LogP contribution in [0.25, 0.3) is 0 Å². The predicted octanol–water partition coefficient (Wildman–Crippen LogP) is 3.24. The molecule has 3 nitrogen and oxygen atoms in total. The second kappa shape index (κ2) is 5.21. The van der Waals surface area contributed by atoms with E-state index in [1.165, 1.54) is 12.8 Å². The fraction of sp³-hybridized carbons (Fsp3) is 0.692. The van der Waals surface area contributed by atoms with Crippen LogP contribution in [0, 0.1) is 12.8 Å². The van der Waals surface area contributed by atoms with Gasteiger partial charge in [-0.15, -0.1) is 0 Å². The van der Waals surface area contributed by atoms with Crippen LogP contribution in [-0.2, 0) is 6.42 Å². The van der Waals surface area contributed by atoms with Gasteiger partial charge in [-0.05, 0) is 32.1 Å². The van der Waals surface area contributed by atoms with Gasteiger partial charge < -0.3 is 4.90 Å². The molecule has 2 rings (SSSR count). The maximum atomic E-state index is 6.17. The average Bonchev–Trinajstić information content (AvgIpc) is 2.33. The molecule has 0 aliphatic carbocycles. The fourth-order valence-corrected chi connectivity index (χ4v) is 2.40. The summed E-state index contributed by atoms with van der Waals surface area (Å²) in [7, 11) is 0. The molecule has 0 spiro atoms. The Balaban J connectivity index is 2.24. The zero-order valence-electron chi connectivity index (χ0n) is 10.8. The van der Waals surface area contributed by atoms with Gasteiger partial charge >= 0.3 is 0 Å². The van der Waals surface area contributed by atoms with E-state index in [0.717, 1.165) is 42.6 Å². The lowest BCUT2D eigenvalue weighted by atomic mass is 10.00. The molecule has 0 unspecified atom stereocenters. The van der Waals surface area contributed by atoms with Crippen LogP contribution in [0.4, 0.5) is 5.95 Å². The quantitative estimate of drug-likeness (QED) is 0.758. The first-order valence-electron chi connectivity index (χ1n) is 6.39. The van der Waals surface area contributed by atoms with Gasteiger partial charge in [0, 0.05) is 18.7 Å². The Bertz CT molecular complexity index is 398. The molecule has 0 N–H and O–H groups in total. The number of piperidine rings is 1. The summed E-state index contributed by atoms with van der Waals surface area (Å²) < 4.78 is 0. The van der Waals surface area contributed by atoms with Gasteiger partial charge in [-0.3, -0.25) is 0 Å². The summed E-state index contributed by atoms with van der Waals surface area (Å²) in [5.74, 6) is 1.63. The molecule has 17 heavy (non-hydrogen) atoms. The van der Waals surface area contributed by atoms with Crippen molar-refractivity contribution in [3.63, 3.8) is 0 Å². The standard InChI is InChI=1S/C13H20ClN3/c1-4-11-10(3)12(14)16-13(15-11)17-7-5-9(2)6-8-17/h9H,4-8H2,1-3H3. The highest BCUT2D eigenvalue weighted by molar-refractivity contribution is 6.30. The topological polar surface area (TPSA) is 29.0 Å². The lowest BCUT2D eigenvalue weighted by Crippen LogP contribution is -2.34. The summed E-state index contributed by atoms with van der Waals surface area (Å²) in [5.41, 5.74) is 2.09. The fourth-order valence-electron chi connectivity index (χ4n) is 2.21. The minimum absolute atomic E-state index is 0.602. The van der Waals surface area contributed by atoms with E-state index < -0.39 is 0 Å². The molecule has 1 aromatic rings. The van der Waals surface area contributed by atoms with Crippen LogP contribution >= 0.6 is 11.6 Å². The van der Waals surface area contributed by atoms with Crippen molar-refractivity contribution in [1.82, 2.24) is 9.97 Å². The molecule has 1 fully saturated rings. The van der Waals surface area contributed by atoms with Crippen molar-refractivity contribution >= 4 is 17.5 Å². The van der Waals surface area contributed by atoms with Crippen molar-refractivity contribution in [1.29, 1.82) is 0 Å². The molecular weight excluding hydrogens is 234 g/mol. The highest BCUT2D eigenvalue weighted by Crippen LogP contribution is 2.24. The first-order chi connectivity index (χ1) is 8.11. The number of halogens is 1. The Morgan fingerprint density at radius 1 is 1.29 bits per heavy atom. The van der Waals surface area contributed by atoms with E-state index in [1.54, 1.807) is 0 Å². The molecule has 0 atom stereocenters. The van der Waals surface area contributed by atoms with Crippen molar-refractivity contribution in [2.75, 3.05) is 18.0 Å². The number of nitrogens with zero attached hydrogens (tertiary/aromatic N) is 3. The number of hydrogen-bond acceptors (Lipinski definition) is 3. The van der Waals surface area contributed by atoms with Crippen molar-refractivity contribution < 1.29 is 0 Å². The third-order valence-corrected chi connectivity index (χ3v) is 3.94. The van der Waals surface area contributed by atoms with Crippen molar-refractivity contribution in [3.05, 3.63) is 16.4 Å². The van der Waals surface area contributed by atoms with Gasteiger partial charge in [0.05, 0.1) is 5.69 Å². The molecule has 0 saturated carbocycles. The molecule has 1 saturated heterocycles. The molecule has 1 aliphatic rings. The molecule has 1 aromatic heterocycles. The Hall–Kier alpha value is -0.830. The van der Waals surface area contributed by atoms with Gasteiger partial charge in [-0.25, -0.2) is 9.97 Å². The summed E-state index contributed by atoms with van der Waals surface area (Å²) in [6, 6.07) is 0. The highest BCUT2D eigenvalue weighted by Gasteiger charge is 2.19. The van der Waals surface area contributed by atoms with Crippen LogP contribution < -0.4 is 4.90 Å². The number of aromatic nitrogens is 2. The Labute approximate surface area is 108 Å². The van der Waals surface area contributed by atoms with Gasteiger partial charge in [-0.1, -0.05) is 25.4 Å². The number of anilines is 1. The smallest absolute Gasteiger partial charge is 0.227 e. The van der Waals surface area contributed by atoms with E-state index in [0.29, 0.717) is 5.15 Å². The molecule has 0 amide bonds. The number of hydrogen-bond donors (Lipinski definition) is 0. The predicted molar refractivity (Wildman–Crippen MR) is 71.8 cm³/mol. The molecule has 2 heterocycles. The third kappa shape index (κ3) is 2.71. The molecule has 0 aromatic carbocycles. The van der Waals surface area contributed by atoms with Crippen molar-refractivity contribution in [2.45, 2.75) is 40.0 Å². The summed E-state index contributed by atoms with van der Waals surface area (Å²) in [4.78, 5) is 11.3. The van der Waals surface area contributed by atoms with Gasteiger partial charge in [0.15, 0.2) is 0 Å². The molecule has 0 bridgehead atoms. The van der Waals surface area contributed by atoms with E-state index in [-0.39, 0.29) is 0 Å². The first-order valence-corrected chi connectivity index (χ1v) is 6.77. The second-order valence-corrected chi connectivity index (χ2v) is 5.27. The lowest BCUT2D eigenvalue weighted by molar-refractivity contribution is 0.434. The number of aryl methyl sites for hydroxylation is 1. The largest absolute Gasteiger partial charge is 0.341 e. The van der Waals surface area contributed by atoms with Gasteiger partial charge in [0.1, 0.15) is 5.15 Å². The molecule has 94 valence electrons. The summed E-state index contributed by atoms with van der Waals surface area (Å²) >= 11 is 6.17. The SMILES string of the molecule is CCc1nc(N2CCC(C)CC2)nc(Cl)c1C. The maximum absolute atomic E-state index is 6.17. The normalized spacial score (nSPS) is 17.5. The van der Waals surface area contributed by atoms with E-state index >= 15 is 0 Å². The van der Waals surface area contributed by atoms with Crippen LogP contribution in [0.3, 0.4) is 0 Å². The second-order valence-electron chi connectivity index (χ2n) is 4.91. The molecule has 4 heteroatoms. The van der Waals surface area contributed by atoms with Crippen molar-refractivity contribution in [2.24, 2.45) is 5.92 Å². The molecule has 0 radical (unpaired) electrons. The van der Waals surface area contributed by atoms with Crippen molar-refractivity contribution in [3.8, 4) is 0 Å². The minimum Gasteiger partial charge on any atom is -0.341 e. The van der Waals surface area contributed by atoms with E-state index in [9.17, 15) is 0 Å². The van der Waals surface area contributed by atoms with Crippen LogP contribution in [0.2, 0.25) is 5.15 Å². The Morgan fingerprint density at radius 3 is 2.53 bits per heavy atom. The zero-order chi connectivity index (χ0) is 12.4. The Morgan fingerprint density at radius 2 is 1.94 bits per heavy atom. The molecular formula is C13H20ClN3. The van der Waals surface area contributed by atoms with Gasteiger partial charge in [0.25, 0.3) is 0 Å². The van der Waals surface area contributed by atoms with E-state index in [4.69, 9.17) is 11.6 Å². The van der Waals surface area contributed by atoms with Gasteiger partial charge in [-0.2, -0.15) is 0 Å². The third-order valence-electron chi connectivity index (χ3n) is 3.58. The zero-order valence-corrected chi connectivity index (χ0v) is 11.6. The first kappa shape index (κ1) is 12.6. The Kier molecular flexibility index (Phi) is 3.87. The minimum atomic E-state index is 0.602. The molecule has 1 aliphatic heterocycles. The van der Waals surface area contributed by atoms with E-state index in [2.05, 4.69) is 28.7 Å². The average molecular weight is 254 g/mol. The van der Waals surface area contributed by atoms with Crippen LogP contribution in [0.5, 0.6) is 0 Å². The van der Waals surface area contributed by atoms with Crippen LogP contribution in [0.15, 0.2) is 0 Å². The van der Waals surface area contributed by atoms with Gasteiger partial charge in [0.2, 0.25) is 5.95 Å². The summed E-state index contributed by atoms with van der Waals surface area (Å²) in [5, 5.41) is 0.602. The summed E-state index contributed by atoms with van der Waals surface area (Å²) in [6.07, 6.45) is 3.35. The monoisotopic (exact) mass is 253 g/mol.